The molecule has 0 saturated carbocycles. The van der Waals surface area contributed by atoms with Gasteiger partial charge in [-0.05, 0) is 51.0 Å². The molecule has 0 spiro atoms. The summed E-state index contributed by atoms with van der Waals surface area (Å²) < 4.78 is 10.8. The highest BCUT2D eigenvalue weighted by molar-refractivity contribution is 5.89. The standard InChI is InChI=1S/C25H30O8/c1-4-13-28-14-7-15-29-16-12-23(30-32-24(26)21-10-5-8-19(2)17-21)31-33-25(27)22-11-6-9-20(3)18-22/h5-6,8-11,17-18H,1,4,7,12-16H2,2-3H3. The summed E-state index contributed by atoms with van der Waals surface area (Å²) in [7, 11) is 0. The fourth-order valence-electron chi connectivity index (χ4n) is 2.63. The second-order valence-corrected chi connectivity index (χ2v) is 7.20. The summed E-state index contributed by atoms with van der Waals surface area (Å²) in [6, 6.07) is 13.7. The van der Waals surface area contributed by atoms with Crippen molar-refractivity contribution in [1.29, 1.82) is 0 Å². The van der Waals surface area contributed by atoms with Crippen molar-refractivity contribution in [3.8, 4) is 0 Å². The molecule has 0 N–H and O–H groups in total. The molecule has 8 nitrogen and oxygen atoms in total. The average Bonchev–Trinajstić information content (AvgIpc) is 2.81. The maximum atomic E-state index is 12.2. The van der Waals surface area contributed by atoms with Gasteiger partial charge in [-0.25, -0.2) is 9.59 Å². The second-order valence-electron chi connectivity index (χ2n) is 7.20. The molecule has 0 aromatic heterocycles. The van der Waals surface area contributed by atoms with E-state index in [4.69, 9.17) is 29.0 Å². The van der Waals surface area contributed by atoms with E-state index >= 15 is 0 Å². The van der Waals surface area contributed by atoms with Crippen molar-refractivity contribution in [1.82, 2.24) is 0 Å². The summed E-state index contributed by atoms with van der Waals surface area (Å²) in [6.45, 7) is 9.23. The molecule has 0 unspecified atom stereocenters. The molecule has 0 saturated heterocycles. The molecule has 178 valence electrons. The van der Waals surface area contributed by atoms with Crippen LogP contribution in [0.25, 0.3) is 0 Å². The zero-order valence-electron chi connectivity index (χ0n) is 19.0. The molecule has 33 heavy (non-hydrogen) atoms. The first-order valence-electron chi connectivity index (χ1n) is 10.7. The summed E-state index contributed by atoms with van der Waals surface area (Å²) in [5.41, 5.74) is 2.41. The van der Waals surface area contributed by atoms with Crippen molar-refractivity contribution >= 4 is 11.9 Å². The number of rotatable bonds is 15. The Balaban J connectivity index is 1.84. The van der Waals surface area contributed by atoms with E-state index in [1.807, 2.05) is 26.0 Å². The Bertz CT molecular complexity index is 805. The lowest BCUT2D eigenvalue weighted by Crippen LogP contribution is -2.18. The van der Waals surface area contributed by atoms with Crippen LogP contribution in [0, 0.1) is 27.1 Å². The monoisotopic (exact) mass is 458 g/mol. The van der Waals surface area contributed by atoms with Gasteiger partial charge in [-0.15, -0.1) is 9.78 Å². The first-order chi connectivity index (χ1) is 16.0. The SMILES string of the molecule is [CH2]CCOCCCOCC[C](OOC(=O)c1cccc(C)c1)OOC(=O)c1cccc(C)c1. The molecule has 2 rings (SSSR count). The highest BCUT2D eigenvalue weighted by Crippen LogP contribution is 2.16. The van der Waals surface area contributed by atoms with Crippen molar-refractivity contribution in [2.45, 2.75) is 33.1 Å². The third kappa shape index (κ3) is 10.6. The maximum Gasteiger partial charge on any atom is 0.373 e. The van der Waals surface area contributed by atoms with Gasteiger partial charge < -0.3 is 9.47 Å². The third-order valence-electron chi connectivity index (χ3n) is 4.24. The molecule has 0 amide bonds. The lowest BCUT2D eigenvalue weighted by Gasteiger charge is -2.14. The van der Waals surface area contributed by atoms with E-state index in [-0.39, 0.29) is 19.3 Å². The van der Waals surface area contributed by atoms with E-state index in [1.54, 1.807) is 36.4 Å². The van der Waals surface area contributed by atoms with Crippen LogP contribution in [-0.4, -0.2) is 38.4 Å². The number of hydrogen-bond acceptors (Lipinski definition) is 8. The molecule has 0 atom stereocenters. The minimum atomic E-state index is -0.715. The molecule has 0 bridgehead atoms. The predicted octanol–water partition coefficient (Wildman–Crippen LogP) is 4.71. The Morgan fingerprint density at radius 1 is 0.727 bits per heavy atom. The summed E-state index contributed by atoms with van der Waals surface area (Å²) in [4.78, 5) is 44.2. The molecule has 0 fully saturated rings. The van der Waals surface area contributed by atoms with Gasteiger partial charge in [0.2, 0.25) is 0 Å². The van der Waals surface area contributed by atoms with Crippen LogP contribution in [0.3, 0.4) is 0 Å². The predicted molar refractivity (Wildman–Crippen MR) is 119 cm³/mol. The third-order valence-corrected chi connectivity index (χ3v) is 4.24. The van der Waals surface area contributed by atoms with Crippen LogP contribution in [0.2, 0.25) is 0 Å². The molecule has 2 aromatic rings. The van der Waals surface area contributed by atoms with Crippen molar-refractivity contribution in [3.05, 3.63) is 84.0 Å². The van der Waals surface area contributed by atoms with Crippen molar-refractivity contribution in [3.63, 3.8) is 0 Å². The van der Waals surface area contributed by atoms with Gasteiger partial charge in [0.15, 0.2) is 0 Å². The highest BCUT2D eigenvalue weighted by Gasteiger charge is 2.22. The lowest BCUT2D eigenvalue weighted by molar-refractivity contribution is -0.364. The maximum absolute atomic E-state index is 12.2. The Kier molecular flexibility index (Phi) is 12.1. The van der Waals surface area contributed by atoms with Gasteiger partial charge in [-0.3, -0.25) is 9.78 Å². The lowest BCUT2D eigenvalue weighted by atomic mass is 10.1. The molecule has 8 heteroatoms. The smallest absolute Gasteiger partial charge is 0.373 e. The van der Waals surface area contributed by atoms with Gasteiger partial charge >= 0.3 is 18.2 Å². The minimum Gasteiger partial charge on any atom is -0.381 e. The molecule has 0 aliphatic carbocycles. The van der Waals surface area contributed by atoms with E-state index in [9.17, 15) is 9.59 Å². The first kappa shape index (κ1) is 26.5. The van der Waals surface area contributed by atoms with Crippen LogP contribution in [0.4, 0.5) is 0 Å². The van der Waals surface area contributed by atoms with Crippen molar-refractivity contribution in [2.24, 2.45) is 0 Å². The van der Waals surface area contributed by atoms with Gasteiger partial charge in [0.25, 0.3) is 0 Å². The van der Waals surface area contributed by atoms with E-state index in [0.29, 0.717) is 37.4 Å². The molecule has 0 aliphatic rings. The molecule has 0 aliphatic heterocycles. The van der Waals surface area contributed by atoms with Crippen molar-refractivity contribution < 1.29 is 38.6 Å². The van der Waals surface area contributed by atoms with Crippen LogP contribution < -0.4 is 0 Å². The summed E-state index contributed by atoms with van der Waals surface area (Å²) >= 11 is 0. The largest absolute Gasteiger partial charge is 0.381 e. The fourth-order valence-corrected chi connectivity index (χ4v) is 2.63. The summed E-state index contributed by atoms with van der Waals surface area (Å²) in [5.74, 6) is -1.43. The van der Waals surface area contributed by atoms with Gasteiger partial charge in [0.05, 0.1) is 17.7 Å². The second kappa shape index (κ2) is 15.1. The van der Waals surface area contributed by atoms with Gasteiger partial charge in [-0.1, -0.05) is 42.3 Å². The number of carbonyl (C=O) groups excluding carboxylic acids is 2. The van der Waals surface area contributed by atoms with Gasteiger partial charge in [0.1, 0.15) is 0 Å². The molecular formula is C25H30O8. The molecule has 2 aromatic carbocycles. The Morgan fingerprint density at radius 3 is 1.73 bits per heavy atom. The van der Waals surface area contributed by atoms with Crippen molar-refractivity contribution in [2.75, 3.05) is 26.4 Å². The van der Waals surface area contributed by atoms with Crippen LogP contribution in [-0.2, 0) is 29.0 Å². The number of aryl methyl sites for hydroxylation is 2. The first-order valence-corrected chi connectivity index (χ1v) is 10.7. The zero-order chi connectivity index (χ0) is 23.9. The summed E-state index contributed by atoms with van der Waals surface area (Å²) in [5, 5.41) is 0. The van der Waals surface area contributed by atoms with E-state index in [2.05, 4.69) is 6.92 Å². The fraction of sp³-hybridized carbons (Fsp3) is 0.360. The van der Waals surface area contributed by atoms with Crippen LogP contribution in [0.15, 0.2) is 48.5 Å². The number of carbonyl (C=O) groups is 2. The molecule has 2 radical (unpaired) electrons. The topological polar surface area (TPSA) is 89.5 Å². The average molecular weight is 459 g/mol. The summed E-state index contributed by atoms with van der Waals surface area (Å²) in [6.07, 6.45) is 1.27. The highest BCUT2D eigenvalue weighted by atomic mass is 17.3. The van der Waals surface area contributed by atoms with Crippen LogP contribution in [0.1, 0.15) is 51.1 Å². The Morgan fingerprint density at radius 2 is 1.24 bits per heavy atom. The Labute approximate surface area is 194 Å². The quantitative estimate of drug-likeness (QED) is 0.215. The molecular weight excluding hydrogens is 428 g/mol. The van der Waals surface area contributed by atoms with Crippen LogP contribution in [0.5, 0.6) is 0 Å². The number of hydrogen-bond donors (Lipinski definition) is 0. The normalized spacial score (nSPS) is 10.9. The van der Waals surface area contributed by atoms with E-state index < -0.39 is 11.9 Å². The van der Waals surface area contributed by atoms with Crippen LogP contribution >= 0.6 is 0 Å². The zero-order valence-corrected chi connectivity index (χ0v) is 19.0. The van der Waals surface area contributed by atoms with Gasteiger partial charge in [-0.2, -0.15) is 0 Å². The number of benzene rings is 2. The number of ether oxygens (including phenoxy) is 2. The Hall–Kier alpha value is -2.78. The molecule has 0 heterocycles. The van der Waals surface area contributed by atoms with Gasteiger partial charge in [0, 0.05) is 26.2 Å². The minimum absolute atomic E-state index is 0.0714. The van der Waals surface area contributed by atoms with E-state index in [0.717, 1.165) is 17.5 Å². The van der Waals surface area contributed by atoms with E-state index in [1.165, 1.54) is 0 Å².